The third-order valence-corrected chi connectivity index (χ3v) is 3.69. The largest absolute Gasteiger partial charge is 0.480 e. The van der Waals surface area contributed by atoms with Crippen LogP contribution in [0, 0.1) is 0 Å². The molecule has 1 aromatic heterocycles. The van der Waals surface area contributed by atoms with Crippen LogP contribution in [0.25, 0.3) is 0 Å². The molecule has 0 aliphatic rings. The lowest BCUT2D eigenvalue weighted by molar-refractivity contribution is 0.377. The first-order valence-corrected chi connectivity index (χ1v) is 7.43. The summed E-state index contributed by atoms with van der Waals surface area (Å²) in [5.41, 5.74) is 1.77. The number of rotatable bonds is 6. The predicted molar refractivity (Wildman–Crippen MR) is 85.2 cm³/mol. The molecule has 0 aliphatic heterocycles. The molecule has 2 rings (SSSR count). The molecule has 1 unspecified atom stereocenters. The van der Waals surface area contributed by atoms with Crippen molar-refractivity contribution in [2.75, 3.05) is 13.7 Å². The maximum absolute atomic E-state index is 6.26. The van der Waals surface area contributed by atoms with Crippen molar-refractivity contribution in [3.8, 4) is 5.88 Å². The van der Waals surface area contributed by atoms with E-state index in [4.69, 9.17) is 27.9 Å². The first-order chi connectivity index (χ1) is 10.2. The van der Waals surface area contributed by atoms with Gasteiger partial charge in [0.2, 0.25) is 5.88 Å². The highest BCUT2D eigenvalue weighted by molar-refractivity contribution is 6.35. The second-order valence-electron chi connectivity index (χ2n) is 4.50. The highest BCUT2D eigenvalue weighted by Crippen LogP contribution is 2.28. The van der Waals surface area contributed by atoms with Crippen LogP contribution in [0.1, 0.15) is 24.2 Å². The average Bonchev–Trinajstić information content (AvgIpc) is 2.49. The molecule has 0 aliphatic carbocycles. The maximum Gasteiger partial charge on any atom is 0.237 e. The molecule has 0 fully saturated rings. The number of ether oxygens (including phenoxy) is 1. The minimum absolute atomic E-state index is 0.0303. The molecule has 4 nitrogen and oxygen atoms in total. The lowest BCUT2D eigenvalue weighted by Crippen LogP contribution is -2.25. The molecule has 1 aromatic carbocycles. The highest BCUT2D eigenvalue weighted by Gasteiger charge is 2.19. The zero-order chi connectivity index (χ0) is 15.2. The van der Waals surface area contributed by atoms with E-state index >= 15 is 0 Å². The summed E-state index contributed by atoms with van der Waals surface area (Å²) < 4.78 is 5.29. The Morgan fingerprint density at radius 1 is 1.24 bits per heavy atom. The average molecular weight is 326 g/mol. The van der Waals surface area contributed by atoms with Gasteiger partial charge in [0.1, 0.15) is 5.69 Å². The quantitative estimate of drug-likeness (QED) is 0.879. The summed E-state index contributed by atoms with van der Waals surface area (Å²) >= 11 is 12.2. The van der Waals surface area contributed by atoms with E-state index in [9.17, 15) is 0 Å². The van der Waals surface area contributed by atoms with Gasteiger partial charge in [-0.25, -0.2) is 4.98 Å². The lowest BCUT2D eigenvalue weighted by Gasteiger charge is -2.19. The fourth-order valence-electron chi connectivity index (χ4n) is 2.15. The summed E-state index contributed by atoms with van der Waals surface area (Å²) in [6.45, 7) is 2.84. The summed E-state index contributed by atoms with van der Waals surface area (Å²) in [6, 6.07) is 5.48. The summed E-state index contributed by atoms with van der Waals surface area (Å²) in [7, 11) is 1.59. The van der Waals surface area contributed by atoms with Crippen LogP contribution in [0.15, 0.2) is 30.6 Å². The molecule has 0 amide bonds. The standard InChI is InChI=1S/C15H17Cl2N3O/c1-3-18-13(14-15(21-2)20-7-6-19-14)8-10-4-5-11(16)9-12(10)17/h4-7,9,13,18H,3,8H2,1-2H3. The molecule has 1 heterocycles. The summed E-state index contributed by atoms with van der Waals surface area (Å²) in [5, 5.41) is 4.66. The molecule has 0 bridgehead atoms. The van der Waals surface area contributed by atoms with E-state index in [1.165, 1.54) is 0 Å². The van der Waals surface area contributed by atoms with Crippen LogP contribution in [-0.2, 0) is 6.42 Å². The first-order valence-electron chi connectivity index (χ1n) is 6.68. The fraction of sp³-hybridized carbons (Fsp3) is 0.333. The Bertz CT molecular complexity index is 607. The Kier molecular flexibility index (Phi) is 5.79. The molecule has 1 atom stereocenters. The van der Waals surface area contributed by atoms with Gasteiger partial charge in [0.25, 0.3) is 0 Å². The monoisotopic (exact) mass is 325 g/mol. The Labute approximate surface area is 134 Å². The SMILES string of the molecule is CCNC(Cc1ccc(Cl)cc1Cl)c1nccnc1OC. The zero-order valence-corrected chi connectivity index (χ0v) is 13.4. The van der Waals surface area contributed by atoms with Crippen LogP contribution in [0.3, 0.4) is 0 Å². The molecule has 0 spiro atoms. The topological polar surface area (TPSA) is 47.0 Å². The zero-order valence-electron chi connectivity index (χ0n) is 11.9. The number of benzene rings is 1. The van der Waals surface area contributed by atoms with E-state index in [1.54, 1.807) is 25.6 Å². The first kappa shape index (κ1) is 16.0. The van der Waals surface area contributed by atoms with Gasteiger partial charge in [-0.2, -0.15) is 0 Å². The molecular weight excluding hydrogens is 309 g/mol. The van der Waals surface area contributed by atoms with Crippen molar-refractivity contribution < 1.29 is 4.74 Å². The number of nitrogens with zero attached hydrogens (tertiary/aromatic N) is 2. The van der Waals surface area contributed by atoms with Gasteiger partial charge in [0.15, 0.2) is 0 Å². The predicted octanol–water partition coefficient (Wildman–Crippen LogP) is 3.69. The van der Waals surface area contributed by atoms with Gasteiger partial charge in [-0.1, -0.05) is 36.2 Å². The van der Waals surface area contributed by atoms with E-state index < -0.39 is 0 Å². The van der Waals surface area contributed by atoms with E-state index in [2.05, 4.69) is 15.3 Å². The number of nitrogens with one attached hydrogen (secondary N) is 1. The smallest absolute Gasteiger partial charge is 0.237 e. The Balaban J connectivity index is 2.30. The number of halogens is 2. The molecule has 2 aromatic rings. The van der Waals surface area contributed by atoms with Crippen molar-refractivity contribution in [3.05, 3.63) is 51.9 Å². The Hall–Kier alpha value is -1.36. The van der Waals surface area contributed by atoms with Crippen molar-refractivity contribution in [1.29, 1.82) is 0 Å². The molecule has 21 heavy (non-hydrogen) atoms. The van der Waals surface area contributed by atoms with Gasteiger partial charge < -0.3 is 10.1 Å². The van der Waals surface area contributed by atoms with Gasteiger partial charge in [-0.3, -0.25) is 4.98 Å². The van der Waals surface area contributed by atoms with Crippen molar-refractivity contribution in [2.45, 2.75) is 19.4 Å². The molecular formula is C15H17Cl2N3O. The van der Waals surface area contributed by atoms with Gasteiger partial charge in [0.05, 0.1) is 13.2 Å². The molecule has 0 saturated carbocycles. The van der Waals surface area contributed by atoms with Gasteiger partial charge >= 0.3 is 0 Å². The van der Waals surface area contributed by atoms with Crippen LogP contribution in [-0.4, -0.2) is 23.6 Å². The van der Waals surface area contributed by atoms with E-state index in [-0.39, 0.29) is 6.04 Å². The summed E-state index contributed by atoms with van der Waals surface area (Å²) in [6.07, 6.45) is 3.95. The van der Waals surface area contributed by atoms with Crippen molar-refractivity contribution >= 4 is 23.2 Å². The highest BCUT2D eigenvalue weighted by atomic mass is 35.5. The molecule has 112 valence electrons. The number of hydrogen-bond acceptors (Lipinski definition) is 4. The number of methoxy groups -OCH3 is 1. The van der Waals surface area contributed by atoms with Crippen LogP contribution in [0.4, 0.5) is 0 Å². The fourth-order valence-corrected chi connectivity index (χ4v) is 2.64. The summed E-state index contributed by atoms with van der Waals surface area (Å²) in [4.78, 5) is 8.59. The number of aromatic nitrogens is 2. The minimum Gasteiger partial charge on any atom is -0.480 e. The third-order valence-electron chi connectivity index (χ3n) is 3.10. The van der Waals surface area contributed by atoms with Gasteiger partial charge in [0, 0.05) is 22.4 Å². The van der Waals surface area contributed by atoms with Crippen molar-refractivity contribution in [3.63, 3.8) is 0 Å². The molecule has 1 N–H and O–H groups in total. The second kappa shape index (κ2) is 7.59. The van der Waals surface area contributed by atoms with Crippen LogP contribution in [0.2, 0.25) is 10.0 Å². The van der Waals surface area contributed by atoms with E-state index in [1.807, 2.05) is 19.1 Å². The lowest BCUT2D eigenvalue weighted by atomic mass is 10.0. The van der Waals surface area contributed by atoms with Crippen LogP contribution < -0.4 is 10.1 Å². The number of hydrogen-bond donors (Lipinski definition) is 1. The Morgan fingerprint density at radius 3 is 2.67 bits per heavy atom. The van der Waals surface area contributed by atoms with Gasteiger partial charge in [-0.15, -0.1) is 0 Å². The van der Waals surface area contributed by atoms with E-state index in [0.717, 1.165) is 17.8 Å². The molecule has 0 radical (unpaired) electrons. The van der Waals surface area contributed by atoms with Crippen molar-refractivity contribution in [1.82, 2.24) is 15.3 Å². The maximum atomic E-state index is 6.26. The molecule has 6 heteroatoms. The number of likely N-dealkylation sites (N-methyl/N-ethyl adjacent to an activating group) is 1. The van der Waals surface area contributed by atoms with Crippen LogP contribution in [0.5, 0.6) is 5.88 Å². The van der Waals surface area contributed by atoms with Crippen molar-refractivity contribution in [2.24, 2.45) is 0 Å². The third kappa shape index (κ3) is 4.06. The molecule has 0 saturated heterocycles. The Morgan fingerprint density at radius 2 is 2.00 bits per heavy atom. The normalized spacial score (nSPS) is 12.2. The van der Waals surface area contributed by atoms with E-state index in [0.29, 0.717) is 22.3 Å². The summed E-state index contributed by atoms with van der Waals surface area (Å²) in [5.74, 6) is 0.522. The van der Waals surface area contributed by atoms with Gasteiger partial charge in [-0.05, 0) is 30.7 Å². The minimum atomic E-state index is -0.0303. The van der Waals surface area contributed by atoms with Crippen LogP contribution >= 0.6 is 23.2 Å². The second-order valence-corrected chi connectivity index (χ2v) is 5.34.